The summed E-state index contributed by atoms with van der Waals surface area (Å²) in [6.45, 7) is 11.0. The highest BCUT2D eigenvalue weighted by atomic mass is 16.4. The van der Waals surface area contributed by atoms with Crippen LogP contribution in [0.5, 0.6) is 0 Å². The minimum Gasteiger partial charge on any atom is -0.454 e. The molecule has 7 heteroatoms. The number of aromatic nitrogens is 4. The van der Waals surface area contributed by atoms with Gasteiger partial charge in [0, 0.05) is 5.69 Å². The van der Waals surface area contributed by atoms with Gasteiger partial charge in [-0.1, -0.05) is 24.3 Å². The van der Waals surface area contributed by atoms with Gasteiger partial charge in [-0.05, 0) is 63.9 Å². The summed E-state index contributed by atoms with van der Waals surface area (Å²) in [7, 11) is 0. The van der Waals surface area contributed by atoms with Crippen LogP contribution in [-0.4, -0.2) is 25.5 Å². The van der Waals surface area contributed by atoms with Crippen molar-refractivity contribution in [1.29, 1.82) is 0 Å². The number of hydrogen-bond acceptors (Lipinski definition) is 4. The van der Waals surface area contributed by atoms with E-state index in [1.165, 1.54) is 11.1 Å². The fraction of sp³-hybridized carbons (Fsp3) is 0.292. The highest BCUT2D eigenvalue weighted by molar-refractivity contribution is 6.02. The molecule has 0 aliphatic carbocycles. The van der Waals surface area contributed by atoms with Gasteiger partial charge in [0.05, 0.1) is 35.9 Å². The molecule has 4 aromatic rings. The molecular formula is C24H27N5O2. The van der Waals surface area contributed by atoms with Crippen LogP contribution in [0.15, 0.2) is 46.9 Å². The topological polar surface area (TPSA) is 77.9 Å². The third kappa shape index (κ3) is 4.30. The van der Waals surface area contributed by atoms with Gasteiger partial charge in [-0.3, -0.25) is 14.2 Å². The average Bonchev–Trinajstić information content (AvgIpc) is 3.39. The molecule has 0 unspecified atom stereocenters. The van der Waals surface area contributed by atoms with Gasteiger partial charge in [0.15, 0.2) is 5.76 Å². The largest absolute Gasteiger partial charge is 0.454 e. The van der Waals surface area contributed by atoms with Crippen LogP contribution in [0.25, 0.3) is 0 Å². The summed E-state index contributed by atoms with van der Waals surface area (Å²) in [5.74, 6) is 0.656. The Morgan fingerprint density at radius 3 is 2.45 bits per heavy atom. The van der Waals surface area contributed by atoms with Crippen LogP contribution in [0.3, 0.4) is 0 Å². The lowest BCUT2D eigenvalue weighted by atomic mass is 10.1. The number of benzene rings is 1. The number of aryl methyl sites for hydroxylation is 4. The van der Waals surface area contributed by atoms with Crippen molar-refractivity contribution in [3.05, 3.63) is 87.9 Å². The van der Waals surface area contributed by atoms with E-state index in [1.54, 1.807) is 6.07 Å². The van der Waals surface area contributed by atoms with E-state index in [4.69, 9.17) is 4.42 Å². The van der Waals surface area contributed by atoms with Gasteiger partial charge in [0.2, 0.25) is 0 Å². The number of rotatable bonds is 6. The number of carbonyl (C=O) groups excluding carboxylic acids is 1. The molecule has 3 aromatic heterocycles. The Bertz CT molecular complexity index is 1240. The maximum atomic E-state index is 12.8. The summed E-state index contributed by atoms with van der Waals surface area (Å²) in [6.07, 6.45) is 0. The predicted molar refractivity (Wildman–Crippen MR) is 119 cm³/mol. The fourth-order valence-corrected chi connectivity index (χ4v) is 3.72. The molecule has 160 valence electrons. The third-order valence-corrected chi connectivity index (χ3v) is 5.50. The van der Waals surface area contributed by atoms with Crippen LogP contribution in [0.4, 0.5) is 5.69 Å². The van der Waals surface area contributed by atoms with Crippen molar-refractivity contribution in [2.45, 2.75) is 47.7 Å². The van der Waals surface area contributed by atoms with Crippen molar-refractivity contribution in [2.24, 2.45) is 0 Å². The van der Waals surface area contributed by atoms with Crippen LogP contribution in [-0.2, 0) is 13.1 Å². The monoisotopic (exact) mass is 417 g/mol. The third-order valence-electron chi connectivity index (χ3n) is 5.50. The summed E-state index contributed by atoms with van der Waals surface area (Å²) in [5.41, 5.74) is 6.81. The van der Waals surface area contributed by atoms with Crippen molar-refractivity contribution in [3.8, 4) is 0 Å². The molecule has 1 amide bonds. The van der Waals surface area contributed by atoms with Crippen molar-refractivity contribution >= 4 is 11.6 Å². The number of furan rings is 1. The minimum atomic E-state index is -0.291. The van der Waals surface area contributed by atoms with Crippen molar-refractivity contribution in [1.82, 2.24) is 19.6 Å². The molecule has 0 saturated heterocycles. The molecule has 0 spiro atoms. The van der Waals surface area contributed by atoms with Crippen molar-refractivity contribution < 1.29 is 9.21 Å². The molecule has 4 rings (SSSR count). The number of amides is 1. The van der Waals surface area contributed by atoms with Gasteiger partial charge in [0.25, 0.3) is 5.91 Å². The normalized spacial score (nSPS) is 11.1. The van der Waals surface area contributed by atoms with E-state index in [0.29, 0.717) is 18.8 Å². The number of nitrogens with zero attached hydrogens (tertiary/aromatic N) is 4. The highest BCUT2D eigenvalue weighted by Crippen LogP contribution is 2.22. The predicted octanol–water partition coefficient (Wildman–Crippen LogP) is 4.56. The van der Waals surface area contributed by atoms with Gasteiger partial charge in [-0.25, -0.2) is 0 Å². The molecule has 3 heterocycles. The first-order chi connectivity index (χ1) is 14.8. The Hall–Kier alpha value is -3.61. The molecule has 31 heavy (non-hydrogen) atoms. The van der Waals surface area contributed by atoms with E-state index in [0.717, 1.165) is 28.5 Å². The van der Waals surface area contributed by atoms with Gasteiger partial charge < -0.3 is 9.73 Å². The van der Waals surface area contributed by atoms with E-state index in [1.807, 2.05) is 61.3 Å². The van der Waals surface area contributed by atoms with Gasteiger partial charge in [-0.2, -0.15) is 10.2 Å². The summed E-state index contributed by atoms with van der Waals surface area (Å²) in [4.78, 5) is 12.8. The Morgan fingerprint density at radius 1 is 0.968 bits per heavy atom. The van der Waals surface area contributed by atoms with Gasteiger partial charge >= 0.3 is 0 Å². The zero-order valence-electron chi connectivity index (χ0n) is 18.6. The second-order valence-corrected chi connectivity index (χ2v) is 7.93. The molecule has 1 aromatic carbocycles. The molecule has 0 fully saturated rings. The zero-order chi connectivity index (χ0) is 22.1. The quantitative estimate of drug-likeness (QED) is 0.499. The summed E-state index contributed by atoms with van der Waals surface area (Å²) < 4.78 is 9.56. The number of hydrogen-bond donors (Lipinski definition) is 1. The summed E-state index contributed by atoms with van der Waals surface area (Å²) in [6, 6.07) is 13.7. The van der Waals surface area contributed by atoms with E-state index in [9.17, 15) is 4.79 Å². The first-order valence-corrected chi connectivity index (χ1v) is 10.3. The van der Waals surface area contributed by atoms with E-state index in [2.05, 4.69) is 34.6 Å². The number of carbonyl (C=O) groups is 1. The van der Waals surface area contributed by atoms with Crippen molar-refractivity contribution in [2.75, 3.05) is 5.32 Å². The van der Waals surface area contributed by atoms with Crippen LogP contribution in [0, 0.1) is 34.6 Å². The van der Waals surface area contributed by atoms with Gasteiger partial charge in [0.1, 0.15) is 5.76 Å². The van der Waals surface area contributed by atoms with Crippen molar-refractivity contribution in [3.63, 3.8) is 0 Å². The lowest BCUT2D eigenvalue weighted by Gasteiger charge is -2.08. The SMILES string of the molecule is Cc1cc(C)n(Cc2ccc(C(=O)Nc3c(C)nn(Cc4ccccc4C)c3C)o2)n1. The zero-order valence-corrected chi connectivity index (χ0v) is 18.6. The smallest absolute Gasteiger partial charge is 0.291 e. The Kier molecular flexibility index (Phi) is 5.50. The van der Waals surface area contributed by atoms with Crippen LogP contribution >= 0.6 is 0 Å². The van der Waals surface area contributed by atoms with E-state index in [-0.39, 0.29) is 11.7 Å². The molecule has 0 atom stereocenters. The Labute approximate surface area is 181 Å². The number of nitrogens with one attached hydrogen (secondary N) is 1. The minimum absolute atomic E-state index is 0.266. The highest BCUT2D eigenvalue weighted by Gasteiger charge is 2.18. The maximum Gasteiger partial charge on any atom is 0.291 e. The second kappa shape index (κ2) is 8.26. The second-order valence-electron chi connectivity index (χ2n) is 7.93. The molecule has 0 aliphatic rings. The van der Waals surface area contributed by atoms with Crippen LogP contribution in [0.1, 0.15) is 50.2 Å². The van der Waals surface area contributed by atoms with Crippen LogP contribution in [0.2, 0.25) is 0 Å². The Morgan fingerprint density at radius 2 is 1.74 bits per heavy atom. The maximum absolute atomic E-state index is 12.8. The first-order valence-electron chi connectivity index (χ1n) is 10.3. The molecule has 0 aliphatic heterocycles. The molecular weight excluding hydrogens is 390 g/mol. The Balaban J connectivity index is 1.49. The van der Waals surface area contributed by atoms with E-state index >= 15 is 0 Å². The lowest BCUT2D eigenvalue weighted by Crippen LogP contribution is -2.13. The average molecular weight is 418 g/mol. The lowest BCUT2D eigenvalue weighted by molar-refractivity contribution is 0.0994. The van der Waals surface area contributed by atoms with E-state index < -0.39 is 0 Å². The summed E-state index contributed by atoms with van der Waals surface area (Å²) in [5, 5.41) is 12.0. The summed E-state index contributed by atoms with van der Waals surface area (Å²) >= 11 is 0. The first kappa shape index (κ1) is 20.7. The molecule has 7 nitrogen and oxygen atoms in total. The molecule has 1 N–H and O–H groups in total. The molecule has 0 radical (unpaired) electrons. The molecule has 0 bridgehead atoms. The standard InChI is InChI=1S/C24H27N5O2/c1-15-8-6-7-9-20(15)13-29-19(5)23(18(4)27-29)25-24(30)22-11-10-21(31-22)14-28-17(3)12-16(2)26-28/h6-12H,13-14H2,1-5H3,(H,25,30). The molecule has 0 saturated carbocycles. The van der Waals surface area contributed by atoms with Crippen LogP contribution < -0.4 is 5.32 Å². The number of anilines is 1. The van der Waals surface area contributed by atoms with Gasteiger partial charge in [-0.15, -0.1) is 0 Å². The fourth-order valence-electron chi connectivity index (χ4n) is 3.72.